The number of hydrogen-bond donors (Lipinski definition) is 1. The van der Waals surface area contributed by atoms with Gasteiger partial charge in [-0.15, -0.1) is 0 Å². The largest absolute Gasteiger partial charge is 0.369 e. The number of pyridine rings is 1. The molecule has 10 heteroatoms. The van der Waals surface area contributed by atoms with Gasteiger partial charge in [0.05, 0.1) is 23.4 Å². The van der Waals surface area contributed by atoms with E-state index >= 15 is 0 Å². The molecule has 0 saturated carbocycles. The van der Waals surface area contributed by atoms with Crippen LogP contribution in [0.3, 0.4) is 0 Å². The van der Waals surface area contributed by atoms with Crippen LogP contribution in [-0.4, -0.2) is 47.4 Å². The van der Waals surface area contributed by atoms with Crippen molar-refractivity contribution in [3.05, 3.63) is 72.1 Å². The molecule has 4 rings (SSSR count). The molecule has 3 heterocycles. The number of rotatable bonds is 5. The van der Waals surface area contributed by atoms with Gasteiger partial charge in [-0.2, -0.15) is 4.31 Å². The van der Waals surface area contributed by atoms with E-state index in [1.165, 1.54) is 16.4 Å². The first-order valence-electron chi connectivity index (χ1n) is 9.31. The van der Waals surface area contributed by atoms with Crippen LogP contribution in [0.5, 0.6) is 0 Å². The molecule has 0 aliphatic carbocycles. The zero-order chi connectivity index (χ0) is 21.1. The van der Waals surface area contributed by atoms with E-state index in [-0.39, 0.29) is 24.6 Å². The maximum atomic E-state index is 13.9. The summed E-state index contributed by atoms with van der Waals surface area (Å²) < 4.78 is 47.0. The molecule has 1 aliphatic rings. The Bertz CT molecular complexity index is 1140. The van der Waals surface area contributed by atoms with Crippen molar-refractivity contribution in [2.45, 2.75) is 17.9 Å². The van der Waals surface area contributed by atoms with E-state index in [1.807, 2.05) is 0 Å². The van der Waals surface area contributed by atoms with Gasteiger partial charge < -0.3 is 10.1 Å². The minimum Gasteiger partial charge on any atom is -0.369 e. The van der Waals surface area contributed by atoms with Crippen LogP contribution in [0, 0.1) is 12.7 Å². The van der Waals surface area contributed by atoms with Crippen LogP contribution in [-0.2, 0) is 14.8 Å². The van der Waals surface area contributed by atoms with Crippen molar-refractivity contribution in [3.63, 3.8) is 0 Å². The number of hydrogen-bond acceptors (Lipinski definition) is 7. The van der Waals surface area contributed by atoms with Crippen molar-refractivity contribution in [2.75, 3.05) is 25.0 Å². The number of nitrogens with zero attached hydrogens (tertiary/aromatic N) is 4. The number of sulfonamides is 1. The molecule has 1 aliphatic heterocycles. The Morgan fingerprint density at radius 3 is 2.83 bits per heavy atom. The summed E-state index contributed by atoms with van der Waals surface area (Å²) in [6.07, 6.45) is 4.15. The summed E-state index contributed by atoms with van der Waals surface area (Å²) in [6.45, 7) is 2.07. The van der Waals surface area contributed by atoms with E-state index < -0.39 is 21.9 Å². The van der Waals surface area contributed by atoms with Crippen molar-refractivity contribution in [2.24, 2.45) is 0 Å². The normalized spacial score (nSPS) is 17.6. The lowest BCUT2D eigenvalue weighted by Gasteiger charge is -2.32. The Morgan fingerprint density at radius 2 is 2.07 bits per heavy atom. The van der Waals surface area contributed by atoms with Crippen molar-refractivity contribution in [1.82, 2.24) is 19.3 Å². The number of morpholine rings is 1. The average Bonchev–Trinajstić information content (AvgIpc) is 2.76. The SMILES string of the molecule is Cc1ccc(S(=O)(=O)N2CCO[C@H](c3cccc(Nc4cnccn4)n3)C2)cc1F. The second kappa shape index (κ2) is 8.42. The molecule has 1 fully saturated rings. The van der Waals surface area contributed by atoms with Crippen molar-refractivity contribution >= 4 is 21.7 Å². The van der Waals surface area contributed by atoms with E-state index in [0.29, 0.717) is 22.9 Å². The molecule has 1 N–H and O–H groups in total. The van der Waals surface area contributed by atoms with Gasteiger partial charge in [-0.1, -0.05) is 12.1 Å². The van der Waals surface area contributed by atoms with Crippen LogP contribution in [0.25, 0.3) is 0 Å². The van der Waals surface area contributed by atoms with E-state index in [1.54, 1.807) is 43.7 Å². The predicted octanol–water partition coefficient (Wildman–Crippen LogP) is 2.82. The molecule has 0 spiro atoms. The number of halogens is 1. The third-order valence-corrected chi connectivity index (χ3v) is 6.59. The Balaban J connectivity index is 1.54. The van der Waals surface area contributed by atoms with Gasteiger partial charge in [-0.05, 0) is 36.8 Å². The quantitative estimate of drug-likeness (QED) is 0.666. The summed E-state index contributed by atoms with van der Waals surface area (Å²) in [5.41, 5.74) is 0.976. The lowest BCUT2D eigenvalue weighted by Crippen LogP contribution is -2.42. The second-order valence-corrected chi connectivity index (χ2v) is 8.73. The number of aryl methyl sites for hydroxylation is 1. The Kier molecular flexibility index (Phi) is 5.71. The Hall–Kier alpha value is -2.95. The Morgan fingerprint density at radius 1 is 1.20 bits per heavy atom. The molecule has 1 aromatic carbocycles. The number of benzene rings is 1. The summed E-state index contributed by atoms with van der Waals surface area (Å²) >= 11 is 0. The highest BCUT2D eigenvalue weighted by Gasteiger charge is 2.32. The highest BCUT2D eigenvalue weighted by atomic mass is 32.2. The molecule has 1 atom stereocenters. The molecule has 8 nitrogen and oxygen atoms in total. The van der Waals surface area contributed by atoms with Gasteiger partial charge in [0.25, 0.3) is 0 Å². The molecule has 0 bridgehead atoms. The first-order chi connectivity index (χ1) is 14.4. The van der Waals surface area contributed by atoms with Crippen LogP contribution in [0.4, 0.5) is 16.0 Å². The average molecular weight is 429 g/mol. The fourth-order valence-corrected chi connectivity index (χ4v) is 4.54. The van der Waals surface area contributed by atoms with Gasteiger partial charge in [0, 0.05) is 25.5 Å². The molecule has 0 amide bonds. The van der Waals surface area contributed by atoms with E-state index in [4.69, 9.17) is 4.74 Å². The zero-order valence-electron chi connectivity index (χ0n) is 16.2. The third kappa shape index (κ3) is 4.30. The topological polar surface area (TPSA) is 97.3 Å². The fourth-order valence-electron chi connectivity index (χ4n) is 3.10. The van der Waals surface area contributed by atoms with Gasteiger partial charge in [0.1, 0.15) is 23.6 Å². The monoisotopic (exact) mass is 429 g/mol. The van der Waals surface area contributed by atoms with Crippen molar-refractivity contribution in [1.29, 1.82) is 0 Å². The minimum atomic E-state index is -3.85. The summed E-state index contributed by atoms with van der Waals surface area (Å²) in [6, 6.07) is 9.27. The van der Waals surface area contributed by atoms with Crippen molar-refractivity contribution in [3.8, 4) is 0 Å². The minimum absolute atomic E-state index is 0.0720. The molecule has 1 saturated heterocycles. The lowest BCUT2D eigenvalue weighted by atomic mass is 10.2. The molecule has 0 unspecified atom stereocenters. The fraction of sp³-hybridized carbons (Fsp3) is 0.250. The summed E-state index contributed by atoms with van der Waals surface area (Å²) in [7, 11) is -3.85. The van der Waals surface area contributed by atoms with Gasteiger partial charge in [-0.25, -0.2) is 22.8 Å². The number of nitrogens with one attached hydrogen (secondary N) is 1. The molecule has 156 valence electrons. The summed E-state index contributed by atoms with van der Waals surface area (Å²) in [5, 5.41) is 3.05. The third-order valence-electron chi connectivity index (χ3n) is 4.73. The van der Waals surface area contributed by atoms with Gasteiger partial charge in [-0.3, -0.25) is 4.98 Å². The molecule has 2 aromatic heterocycles. The maximum Gasteiger partial charge on any atom is 0.243 e. The zero-order valence-corrected chi connectivity index (χ0v) is 17.0. The van der Waals surface area contributed by atoms with E-state index in [0.717, 1.165) is 6.07 Å². The molecular weight excluding hydrogens is 409 g/mol. The van der Waals surface area contributed by atoms with Gasteiger partial charge >= 0.3 is 0 Å². The number of aromatic nitrogens is 3. The first-order valence-corrected chi connectivity index (χ1v) is 10.8. The van der Waals surface area contributed by atoms with Crippen LogP contribution >= 0.6 is 0 Å². The second-order valence-electron chi connectivity index (χ2n) is 6.80. The standard InChI is InChI=1S/C20H20FN5O3S/c1-14-5-6-15(11-16(14)21)30(27,28)26-9-10-29-18(13-26)17-3-2-4-19(24-17)25-20-12-22-7-8-23-20/h2-8,11-12,18H,9-10,13H2,1H3,(H,23,24,25)/t18-/m0/s1. The number of ether oxygens (including phenoxy) is 1. The summed E-state index contributed by atoms with van der Waals surface area (Å²) in [4.78, 5) is 12.6. The smallest absolute Gasteiger partial charge is 0.243 e. The van der Waals surface area contributed by atoms with Crippen LogP contribution in [0.1, 0.15) is 17.4 Å². The highest BCUT2D eigenvalue weighted by molar-refractivity contribution is 7.89. The molecule has 3 aromatic rings. The van der Waals surface area contributed by atoms with Crippen molar-refractivity contribution < 1.29 is 17.5 Å². The van der Waals surface area contributed by atoms with Crippen LogP contribution < -0.4 is 5.32 Å². The van der Waals surface area contributed by atoms with E-state index in [9.17, 15) is 12.8 Å². The predicted molar refractivity (Wildman–Crippen MR) is 108 cm³/mol. The first kappa shape index (κ1) is 20.3. The maximum absolute atomic E-state index is 13.9. The highest BCUT2D eigenvalue weighted by Crippen LogP contribution is 2.27. The van der Waals surface area contributed by atoms with Crippen LogP contribution in [0.15, 0.2) is 59.9 Å². The Labute approximate surface area is 173 Å². The molecular formula is C20H20FN5O3S. The molecule has 30 heavy (non-hydrogen) atoms. The van der Waals surface area contributed by atoms with Gasteiger partial charge in [0.15, 0.2) is 0 Å². The molecule has 0 radical (unpaired) electrons. The number of anilines is 2. The van der Waals surface area contributed by atoms with Crippen LogP contribution in [0.2, 0.25) is 0 Å². The van der Waals surface area contributed by atoms with E-state index in [2.05, 4.69) is 20.3 Å². The summed E-state index contributed by atoms with van der Waals surface area (Å²) in [5.74, 6) is 0.528. The van der Waals surface area contributed by atoms with Gasteiger partial charge in [0.2, 0.25) is 10.0 Å². The lowest BCUT2D eigenvalue weighted by molar-refractivity contribution is -0.00486.